The Morgan fingerprint density at radius 2 is 2.00 bits per heavy atom. The third kappa shape index (κ3) is 3.64. The zero-order valence-corrected chi connectivity index (χ0v) is 13.1. The lowest BCUT2D eigenvalue weighted by Crippen LogP contribution is -2.57. The van der Waals surface area contributed by atoms with E-state index < -0.39 is 11.7 Å². The summed E-state index contributed by atoms with van der Waals surface area (Å²) in [7, 11) is 0. The molecule has 6 heteroatoms. The van der Waals surface area contributed by atoms with Crippen LogP contribution in [0.15, 0.2) is 18.2 Å². The van der Waals surface area contributed by atoms with Crippen molar-refractivity contribution in [2.75, 3.05) is 18.0 Å². The molecule has 1 saturated heterocycles. The summed E-state index contributed by atoms with van der Waals surface area (Å²) < 4.78 is 39.0. The predicted octanol–water partition coefficient (Wildman–Crippen LogP) is 4.18. The van der Waals surface area contributed by atoms with Gasteiger partial charge in [0.25, 0.3) is 0 Å². The lowest BCUT2D eigenvalue weighted by molar-refractivity contribution is -0.137. The number of hydrogen-bond acceptors (Lipinski definition) is 2. The number of alkyl halides is 3. The summed E-state index contributed by atoms with van der Waals surface area (Å²) >= 11 is 5.70. The third-order valence-electron chi connectivity index (χ3n) is 3.90. The first-order valence-corrected chi connectivity index (χ1v) is 7.44. The molecule has 1 aromatic carbocycles. The molecule has 2 nitrogen and oxygen atoms in total. The molecule has 0 aromatic heterocycles. The molecule has 118 valence electrons. The maximum absolute atomic E-state index is 13.0. The van der Waals surface area contributed by atoms with Crippen molar-refractivity contribution in [3.63, 3.8) is 0 Å². The van der Waals surface area contributed by atoms with Crippen LogP contribution in [0.4, 0.5) is 18.9 Å². The molecule has 1 aliphatic rings. The first-order valence-electron chi connectivity index (χ1n) is 7.07. The van der Waals surface area contributed by atoms with Gasteiger partial charge in [-0.05, 0) is 31.0 Å². The minimum absolute atomic E-state index is 0.170. The number of anilines is 1. The van der Waals surface area contributed by atoms with Crippen LogP contribution in [0.3, 0.4) is 0 Å². The molecule has 0 saturated carbocycles. The number of nitrogens with zero attached hydrogens (tertiary/aromatic N) is 1. The normalized spacial score (nSPS) is 23.7. The van der Waals surface area contributed by atoms with E-state index in [1.165, 1.54) is 6.07 Å². The quantitative estimate of drug-likeness (QED) is 0.879. The van der Waals surface area contributed by atoms with Crippen LogP contribution in [0, 0.1) is 5.92 Å². The van der Waals surface area contributed by atoms with Crippen LogP contribution in [-0.4, -0.2) is 25.2 Å². The van der Waals surface area contributed by atoms with Crippen LogP contribution in [-0.2, 0) is 6.18 Å². The highest BCUT2D eigenvalue weighted by molar-refractivity contribution is 6.31. The van der Waals surface area contributed by atoms with Gasteiger partial charge < -0.3 is 10.2 Å². The largest absolute Gasteiger partial charge is 0.417 e. The summed E-state index contributed by atoms with van der Waals surface area (Å²) in [4.78, 5) is 2.05. The zero-order chi connectivity index (χ0) is 15.8. The Labute approximate surface area is 128 Å². The molecule has 2 atom stereocenters. The van der Waals surface area contributed by atoms with Crippen LogP contribution in [0.5, 0.6) is 0 Å². The van der Waals surface area contributed by atoms with Gasteiger partial charge in [-0.25, -0.2) is 0 Å². The smallest absolute Gasteiger partial charge is 0.365 e. The van der Waals surface area contributed by atoms with E-state index in [1.807, 2.05) is 6.92 Å². The predicted molar refractivity (Wildman–Crippen MR) is 79.9 cm³/mol. The second-order valence-electron chi connectivity index (χ2n) is 5.93. The van der Waals surface area contributed by atoms with E-state index >= 15 is 0 Å². The fraction of sp³-hybridized carbons (Fsp3) is 0.600. The van der Waals surface area contributed by atoms with Crippen molar-refractivity contribution < 1.29 is 13.2 Å². The second-order valence-corrected chi connectivity index (χ2v) is 6.34. The standard InChI is InChI=1S/C15H20ClF3N2/c1-9(2)14-7-20-10(3)8-21(14)11-4-5-13(16)12(6-11)15(17,18)19/h4-6,9-10,14,20H,7-8H2,1-3H3. The van der Waals surface area contributed by atoms with Crippen molar-refractivity contribution in [1.82, 2.24) is 5.32 Å². The van der Waals surface area contributed by atoms with Crippen molar-refractivity contribution in [2.24, 2.45) is 5.92 Å². The summed E-state index contributed by atoms with van der Waals surface area (Å²) in [6.07, 6.45) is -4.43. The molecule has 0 amide bonds. The molecule has 0 spiro atoms. The third-order valence-corrected chi connectivity index (χ3v) is 4.23. The maximum atomic E-state index is 13.0. The lowest BCUT2D eigenvalue weighted by Gasteiger charge is -2.43. The van der Waals surface area contributed by atoms with Crippen LogP contribution in [0.1, 0.15) is 26.3 Å². The highest BCUT2D eigenvalue weighted by Crippen LogP contribution is 2.37. The van der Waals surface area contributed by atoms with Crippen molar-refractivity contribution in [3.05, 3.63) is 28.8 Å². The Morgan fingerprint density at radius 1 is 1.33 bits per heavy atom. The molecule has 2 unspecified atom stereocenters. The average molecular weight is 321 g/mol. The summed E-state index contributed by atoms with van der Waals surface area (Å²) in [5.41, 5.74) is -0.186. The fourth-order valence-corrected chi connectivity index (χ4v) is 2.95. The Kier molecular flexibility index (Phi) is 4.73. The molecular weight excluding hydrogens is 301 g/mol. The lowest BCUT2D eigenvalue weighted by atomic mass is 9.97. The minimum atomic E-state index is -4.43. The second kappa shape index (κ2) is 6.05. The zero-order valence-electron chi connectivity index (χ0n) is 12.3. The number of hydrogen-bond donors (Lipinski definition) is 1. The van der Waals surface area contributed by atoms with Gasteiger partial charge in [0.1, 0.15) is 0 Å². The molecule has 21 heavy (non-hydrogen) atoms. The number of rotatable bonds is 2. The van der Waals surface area contributed by atoms with Gasteiger partial charge in [-0.2, -0.15) is 13.2 Å². The van der Waals surface area contributed by atoms with Gasteiger partial charge in [0.05, 0.1) is 10.6 Å². The average Bonchev–Trinajstić information content (AvgIpc) is 2.37. The summed E-state index contributed by atoms with van der Waals surface area (Å²) in [6.45, 7) is 7.64. The van der Waals surface area contributed by atoms with E-state index in [-0.39, 0.29) is 17.1 Å². The van der Waals surface area contributed by atoms with Crippen molar-refractivity contribution in [1.29, 1.82) is 0 Å². The van der Waals surface area contributed by atoms with Crippen LogP contribution in [0.25, 0.3) is 0 Å². The van der Waals surface area contributed by atoms with Crippen molar-refractivity contribution >= 4 is 17.3 Å². The van der Waals surface area contributed by atoms with E-state index in [0.717, 1.165) is 12.6 Å². The number of halogens is 4. The van der Waals surface area contributed by atoms with Gasteiger partial charge in [0.15, 0.2) is 0 Å². The molecule has 0 bridgehead atoms. The van der Waals surface area contributed by atoms with E-state index in [2.05, 4.69) is 24.1 Å². The van der Waals surface area contributed by atoms with E-state index in [4.69, 9.17) is 11.6 Å². The molecule has 1 heterocycles. The monoisotopic (exact) mass is 320 g/mol. The molecule has 1 aromatic rings. The molecular formula is C15H20ClF3N2. The highest BCUT2D eigenvalue weighted by Gasteiger charge is 2.35. The van der Waals surface area contributed by atoms with E-state index in [9.17, 15) is 13.2 Å². The topological polar surface area (TPSA) is 15.3 Å². The summed E-state index contributed by atoms with van der Waals surface area (Å²) in [6, 6.07) is 4.58. The fourth-order valence-electron chi connectivity index (χ4n) is 2.73. The van der Waals surface area contributed by atoms with Gasteiger partial charge in [0, 0.05) is 30.9 Å². The first kappa shape index (κ1) is 16.4. The Morgan fingerprint density at radius 3 is 2.57 bits per heavy atom. The Hall–Kier alpha value is -0.940. The van der Waals surface area contributed by atoms with Gasteiger partial charge in [-0.1, -0.05) is 25.4 Å². The molecule has 2 rings (SSSR count). The van der Waals surface area contributed by atoms with Gasteiger partial charge in [-0.15, -0.1) is 0 Å². The number of piperazine rings is 1. The summed E-state index contributed by atoms with van der Waals surface area (Å²) in [5.74, 6) is 0.343. The van der Waals surface area contributed by atoms with Gasteiger partial charge in [0.2, 0.25) is 0 Å². The van der Waals surface area contributed by atoms with Crippen LogP contribution < -0.4 is 10.2 Å². The highest BCUT2D eigenvalue weighted by atomic mass is 35.5. The molecule has 0 radical (unpaired) electrons. The first-order chi connectivity index (χ1) is 9.70. The van der Waals surface area contributed by atoms with Crippen molar-refractivity contribution in [2.45, 2.75) is 39.0 Å². The van der Waals surface area contributed by atoms with Crippen LogP contribution >= 0.6 is 11.6 Å². The minimum Gasteiger partial charge on any atom is -0.365 e. The SMILES string of the molecule is CC1CN(c2ccc(Cl)c(C(F)(F)F)c2)C(C(C)C)CN1. The van der Waals surface area contributed by atoms with E-state index in [1.54, 1.807) is 6.07 Å². The summed E-state index contributed by atoms with van der Waals surface area (Å²) in [5, 5.41) is 3.13. The number of nitrogens with one attached hydrogen (secondary N) is 1. The molecule has 1 aliphatic heterocycles. The van der Waals surface area contributed by atoms with Gasteiger partial charge >= 0.3 is 6.18 Å². The molecule has 0 aliphatic carbocycles. The Balaban J connectivity index is 2.39. The Bertz CT molecular complexity index is 502. The molecule has 1 N–H and O–H groups in total. The van der Waals surface area contributed by atoms with Crippen molar-refractivity contribution in [3.8, 4) is 0 Å². The van der Waals surface area contributed by atoms with E-state index in [0.29, 0.717) is 18.2 Å². The molecule has 1 fully saturated rings. The maximum Gasteiger partial charge on any atom is 0.417 e. The van der Waals surface area contributed by atoms with Crippen LogP contribution in [0.2, 0.25) is 5.02 Å². The van der Waals surface area contributed by atoms with Gasteiger partial charge in [-0.3, -0.25) is 0 Å². The number of benzene rings is 1.